The van der Waals surface area contributed by atoms with Gasteiger partial charge >= 0.3 is 0 Å². The van der Waals surface area contributed by atoms with E-state index in [2.05, 4.69) is 25.0 Å². The van der Waals surface area contributed by atoms with Crippen molar-refractivity contribution in [2.75, 3.05) is 23.5 Å². The molecule has 160 valence electrons. The van der Waals surface area contributed by atoms with Gasteiger partial charge in [-0.05, 0) is 37.8 Å². The zero-order valence-corrected chi connectivity index (χ0v) is 17.4. The number of piperidine rings is 1. The predicted octanol–water partition coefficient (Wildman–Crippen LogP) is 2.77. The van der Waals surface area contributed by atoms with Crippen molar-refractivity contribution in [2.45, 2.75) is 32.2 Å². The molecule has 0 amide bonds. The zero-order valence-electron chi connectivity index (χ0n) is 16.6. The van der Waals surface area contributed by atoms with E-state index in [1.165, 1.54) is 35.4 Å². The number of fused-ring (bicyclic) bond motifs is 1. The van der Waals surface area contributed by atoms with Crippen LogP contribution in [-0.4, -0.2) is 57.6 Å². The molecule has 1 saturated heterocycles. The summed E-state index contributed by atoms with van der Waals surface area (Å²) in [6.45, 7) is 2.75. The van der Waals surface area contributed by atoms with Gasteiger partial charge in [-0.25, -0.2) is 36.7 Å². The van der Waals surface area contributed by atoms with Gasteiger partial charge in [0.05, 0.1) is 17.6 Å². The second kappa shape index (κ2) is 7.86. The molecule has 0 bridgehead atoms. The highest BCUT2D eigenvalue weighted by Gasteiger charge is 2.31. The molecule has 0 aliphatic carbocycles. The van der Waals surface area contributed by atoms with Gasteiger partial charge in [-0.15, -0.1) is 0 Å². The maximum Gasteiger partial charge on any atom is 0.282 e. The van der Waals surface area contributed by atoms with Crippen molar-refractivity contribution in [3.05, 3.63) is 36.4 Å². The van der Waals surface area contributed by atoms with Crippen molar-refractivity contribution >= 4 is 21.3 Å². The molecule has 8 nitrogen and oxygen atoms in total. The van der Waals surface area contributed by atoms with Crippen molar-refractivity contribution in [3.63, 3.8) is 0 Å². The molecule has 2 unspecified atom stereocenters. The first-order valence-corrected chi connectivity index (χ1v) is 11.7. The molecule has 0 aromatic carbocycles. The minimum absolute atomic E-state index is 0.0121. The van der Waals surface area contributed by atoms with Crippen LogP contribution < -0.4 is 4.90 Å². The summed E-state index contributed by atoms with van der Waals surface area (Å²) >= 11 is 0. The minimum atomic E-state index is -3.08. The fourth-order valence-corrected chi connectivity index (χ4v) is 5.20. The average Bonchev–Trinajstić information content (AvgIpc) is 3.12. The number of sulfone groups is 1. The second-order valence-corrected chi connectivity index (χ2v) is 9.85. The Bertz CT molecular complexity index is 1170. The predicted molar refractivity (Wildman–Crippen MR) is 108 cm³/mol. The number of alkyl halides is 2. The zero-order chi connectivity index (χ0) is 21.5. The monoisotopic (exact) mass is 436 g/mol. The van der Waals surface area contributed by atoms with Crippen molar-refractivity contribution in [1.29, 1.82) is 0 Å². The number of nitrogens with zero attached hydrogens (tertiary/aromatic N) is 6. The van der Waals surface area contributed by atoms with Gasteiger partial charge in [0, 0.05) is 24.9 Å². The first-order chi connectivity index (χ1) is 14.2. The summed E-state index contributed by atoms with van der Waals surface area (Å²) in [4.78, 5) is 15.0. The molecule has 1 aliphatic rings. The number of rotatable bonds is 5. The van der Waals surface area contributed by atoms with Crippen LogP contribution in [0.25, 0.3) is 17.0 Å². The Kier molecular flexibility index (Phi) is 5.39. The standard InChI is InChI=1S/C19H22F2N6O2S/c1-12-13(10-30(2,28)29)4-3-7-26(12)18-8-15(23-11-24-18)16-9-22-17-6-5-14(19(20)21)25-27(16)17/h5-6,8-9,11-13,19H,3-4,7,10H2,1-2H3. The van der Waals surface area contributed by atoms with Crippen LogP contribution in [0.1, 0.15) is 31.9 Å². The second-order valence-electron chi connectivity index (χ2n) is 7.66. The molecule has 0 N–H and O–H groups in total. The number of hydrogen-bond acceptors (Lipinski definition) is 7. The molecule has 1 aliphatic heterocycles. The summed E-state index contributed by atoms with van der Waals surface area (Å²) in [6, 6.07) is 4.49. The third kappa shape index (κ3) is 4.11. The molecule has 3 aromatic heterocycles. The Hall–Kier alpha value is -2.69. The Morgan fingerprint density at radius 2 is 2.03 bits per heavy atom. The number of anilines is 1. The minimum Gasteiger partial charge on any atom is -0.353 e. The van der Waals surface area contributed by atoms with E-state index in [9.17, 15) is 17.2 Å². The normalized spacial score (nSPS) is 20.2. The van der Waals surface area contributed by atoms with Crippen molar-refractivity contribution in [3.8, 4) is 11.4 Å². The molecule has 0 spiro atoms. The summed E-state index contributed by atoms with van der Waals surface area (Å²) in [6.07, 6.45) is 3.22. The number of imidazole rings is 1. The van der Waals surface area contributed by atoms with E-state index in [-0.39, 0.29) is 23.4 Å². The van der Waals surface area contributed by atoms with E-state index < -0.39 is 16.3 Å². The number of hydrogen-bond donors (Lipinski definition) is 0. The lowest BCUT2D eigenvalue weighted by atomic mass is 9.92. The lowest BCUT2D eigenvalue weighted by Gasteiger charge is -2.40. The van der Waals surface area contributed by atoms with Gasteiger partial charge in [0.25, 0.3) is 6.43 Å². The third-order valence-corrected chi connectivity index (χ3v) is 6.51. The lowest BCUT2D eigenvalue weighted by molar-refractivity contribution is 0.144. The molecule has 4 rings (SSSR count). The van der Waals surface area contributed by atoms with Gasteiger partial charge in [0.15, 0.2) is 5.65 Å². The van der Waals surface area contributed by atoms with E-state index in [4.69, 9.17) is 0 Å². The SMILES string of the molecule is CC1C(CS(C)(=O)=O)CCCN1c1cc(-c2cnc3ccc(C(F)F)nn23)ncn1. The van der Waals surface area contributed by atoms with Crippen LogP contribution in [-0.2, 0) is 9.84 Å². The Morgan fingerprint density at radius 1 is 1.23 bits per heavy atom. The average molecular weight is 436 g/mol. The Morgan fingerprint density at radius 3 is 2.77 bits per heavy atom. The molecule has 0 radical (unpaired) electrons. The molecule has 0 saturated carbocycles. The van der Waals surface area contributed by atoms with E-state index in [1.807, 2.05) is 6.92 Å². The largest absolute Gasteiger partial charge is 0.353 e. The molecule has 3 aromatic rings. The highest BCUT2D eigenvalue weighted by atomic mass is 32.2. The van der Waals surface area contributed by atoms with E-state index in [1.54, 1.807) is 6.07 Å². The first kappa shape index (κ1) is 20.6. The summed E-state index contributed by atoms with van der Waals surface area (Å²) in [5.41, 5.74) is 1.08. The molecule has 4 heterocycles. The van der Waals surface area contributed by atoms with Crippen LogP contribution in [0.2, 0.25) is 0 Å². The van der Waals surface area contributed by atoms with Crippen molar-refractivity contribution in [2.24, 2.45) is 5.92 Å². The molecule has 1 fully saturated rings. The van der Waals surface area contributed by atoms with Gasteiger partial charge in [-0.2, -0.15) is 5.10 Å². The van der Waals surface area contributed by atoms with Gasteiger partial charge in [0.1, 0.15) is 33.4 Å². The topological polar surface area (TPSA) is 93.4 Å². The first-order valence-electron chi connectivity index (χ1n) is 9.62. The van der Waals surface area contributed by atoms with Crippen molar-refractivity contribution in [1.82, 2.24) is 24.6 Å². The number of aromatic nitrogens is 5. The van der Waals surface area contributed by atoms with Gasteiger partial charge in [-0.3, -0.25) is 0 Å². The maximum absolute atomic E-state index is 13.1. The van der Waals surface area contributed by atoms with Crippen LogP contribution in [0.4, 0.5) is 14.6 Å². The van der Waals surface area contributed by atoms with E-state index >= 15 is 0 Å². The maximum atomic E-state index is 13.1. The van der Waals surface area contributed by atoms with Crippen molar-refractivity contribution < 1.29 is 17.2 Å². The quantitative estimate of drug-likeness (QED) is 0.607. The van der Waals surface area contributed by atoms with Gasteiger partial charge in [-0.1, -0.05) is 0 Å². The Labute approximate surface area is 172 Å². The third-order valence-electron chi connectivity index (χ3n) is 5.48. The van der Waals surface area contributed by atoms with Crippen LogP contribution in [0.3, 0.4) is 0 Å². The summed E-state index contributed by atoms with van der Waals surface area (Å²) < 4.78 is 51.1. The van der Waals surface area contributed by atoms with Gasteiger partial charge < -0.3 is 4.90 Å². The number of halogens is 2. The fraction of sp³-hybridized carbons (Fsp3) is 0.474. The van der Waals surface area contributed by atoms with E-state index in [0.29, 0.717) is 22.9 Å². The molecule has 30 heavy (non-hydrogen) atoms. The molecule has 11 heteroatoms. The summed E-state index contributed by atoms with van der Waals surface area (Å²) in [5, 5.41) is 3.98. The highest BCUT2D eigenvalue weighted by Crippen LogP contribution is 2.30. The smallest absolute Gasteiger partial charge is 0.282 e. The van der Waals surface area contributed by atoms with Crippen LogP contribution >= 0.6 is 0 Å². The molecular weight excluding hydrogens is 414 g/mol. The van der Waals surface area contributed by atoms with E-state index in [0.717, 1.165) is 19.4 Å². The lowest BCUT2D eigenvalue weighted by Crippen LogP contribution is -2.46. The molecule has 2 atom stereocenters. The summed E-state index contributed by atoms with van der Waals surface area (Å²) in [5.74, 6) is 0.805. The fourth-order valence-electron chi connectivity index (χ4n) is 3.98. The highest BCUT2D eigenvalue weighted by molar-refractivity contribution is 7.90. The van der Waals surface area contributed by atoms with Crippen LogP contribution in [0.5, 0.6) is 0 Å². The van der Waals surface area contributed by atoms with Crippen LogP contribution in [0, 0.1) is 5.92 Å². The summed E-state index contributed by atoms with van der Waals surface area (Å²) in [7, 11) is -3.08. The van der Waals surface area contributed by atoms with Gasteiger partial charge in [0.2, 0.25) is 0 Å². The Balaban J connectivity index is 1.68. The van der Waals surface area contributed by atoms with Crippen LogP contribution in [0.15, 0.2) is 30.7 Å². The molecular formula is C19H22F2N6O2S.